The maximum absolute atomic E-state index is 12.9. The highest BCUT2D eigenvalue weighted by Crippen LogP contribution is 2.35. The fourth-order valence-corrected chi connectivity index (χ4v) is 4.29. The summed E-state index contributed by atoms with van der Waals surface area (Å²) in [7, 11) is -3.57. The molecular weight excluding hydrogens is 420 g/mol. The van der Waals surface area contributed by atoms with E-state index >= 15 is 0 Å². The maximum atomic E-state index is 12.9. The number of hydrogen-bond donors (Lipinski definition) is 1. The van der Waals surface area contributed by atoms with Crippen molar-refractivity contribution in [2.24, 2.45) is 0 Å². The van der Waals surface area contributed by atoms with Crippen LogP contribution in [0, 0.1) is 0 Å². The van der Waals surface area contributed by atoms with Crippen LogP contribution in [-0.2, 0) is 14.8 Å². The molecule has 2 unspecified atom stereocenters. The molecule has 1 aliphatic heterocycles. The predicted molar refractivity (Wildman–Crippen MR) is 118 cm³/mol. The van der Waals surface area contributed by atoms with E-state index in [0.29, 0.717) is 36.1 Å². The normalized spacial score (nSPS) is 16.6. The second-order valence-electron chi connectivity index (χ2n) is 7.17. The lowest BCUT2D eigenvalue weighted by Crippen LogP contribution is -2.50. The molecule has 1 amide bonds. The van der Waals surface area contributed by atoms with Crippen LogP contribution in [0.2, 0.25) is 0 Å². The molecule has 0 spiro atoms. The quantitative estimate of drug-likeness (QED) is 0.667. The average Bonchev–Trinajstić information content (AvgIpc) is 2.73. The molecule has 0 radical (unpaired) electrons. The number of nitrogens with one attached hydrogen (secondary N) is 1. The molecule has 0 aliphatic carbocycles. The van der Waals surface area contributed by atoms with Crippen molar-refractivity contribution in [3.8, 4) is 17.2 Å². The number of amides is 1. The molecule has 1 heterocycles. The summed E-state index contributed by atoms with van der Waals surface area (Å²) < 4.78 is 42.8. The number of carbonyl (C=O) groups excluding carboxylic acids is 1. The first kappa shape index (κ1) is 22.7. The van der Waals surface area contributed by atoms with E-state index in [1.165, 1.54) is 4.31 Å². The number of nitrogens with zero attached hydrogens (tertiary/aromatic N) is 1. The Bertz CT molecular complexity index is 1040. The second kappa shape index (κ2) is 9.47. The molecule has 168 valence electrons. The molecule has 0 saturated carbocycles. The largest absolute Gasteiger partial charge is 0.490 e. The highest BCUT2D eigenvalue weighted by atomic mass is 32.2. The Morgan fingerprint density at radius 3 is 2.52 bits per heavy atom. The first-order chi connectivity index (χ1) is 14.7. The van der Waals surface area contributed by atoms with Gasteiger partial charge in [-0.1, -0.05) is 18.2 Å². The molecule has 8 nitrogen and oxygen atoms in total. The van der Waals surface area contributed by atoms with Crippen molar-refractivity contribution in [2.45, 2.75) is 32.9 Å². The number of rotatable bonds is 8. The van der Waals surface area contributed by atoms with Gasteiger partial charge in [-0.05, 0) is 50.6 Å². The Morgan fingerprint density at radius 2 is 1.84 bits per heavy atom. The second-order valence-corrected chi connectivity index (χ2v) is 9.08. The van der Waals surface area contributed by atoms with Crippen molar-refractivity contribution in [2.75, 3.05) is 30.3 Å². The van der Waals surface area contributed by atoms with Crippen molar-refractivity contribution in [3.05, 3.63) is 48.0 Å². The first-order valence-electron chi connectivity index (χ1n) is 10.2. The van der Waals surface area contributed by atoms with E-state index in [2.05, 4.69) is 5.32 Å². The molecule has 0 saturated heterocycles. The van der Waals surface area contributed by atoms with Gasteiger partial charge in [0.15, 0.2) is 17.6 Å². The fourth-order valence-electron chi connectivity index (χ4n) is 3.38. The maximum Gasteiger partial charge on any atom is 0.263 e. The van der Waals surface area contributed by atoms with Gasteiger partial charge in [0.25, 0.3) is 5.91 Å². The third-order valence-electron chi connectivity index (χ3n) is 4.85. The molecule has 31 heavy (non-hydrogen) atoms. The highest BCUT2D eigenvalue weighted by molar-refractivity contribution is 7.92. The van der Waals surface area contributed by atoms with Crippen LogP contribution in [0.1, 0.15) is 32.4 Å². The molecule has 3 rings (SSSR count). The van der Waals surface area contributed by atoms with E-state index < -0.39 is 22.0 Å². The van der Waals surface area contributed by atoms with Gasteiger partial charge in [-0.25, -0.2) is 8.42 Å². The molecule has 2 aromatic carbocycles. The number of sulfonamides is 1. The molecule has 0 fully saturated rings. The molecule has 1 aliphatic rings. The highest BCUT2D eigenvalue weighted by Gasteiger charge is 2.35. The van der Waals surface area contributed by atoms with Gasteiger partial charge >= 0.3 is 0 Å². The topological polar surface area (TPSA) is 94.2 Å². The summed E-state index contributed by atoms with van der Waals surface area (Å²) in [5.41, 5.74) is 1.26. The van der Waals surface area contributed by atoms with Gasteiger partial charge in [0.1, 0.15) is 5.75 Å². The minimum Gasteiger partial charge on any atom is -0.490 e. The van der Waals surface area contributed by atoms with Crippen molar-refractivity contribution in [3.63, 3.8) is 0 Å². The molecule has 0 aromatic heterocycles. The van der Waals surface area contributed by atoms with Crippen molar-refractivity contribution < 1.29 is 27.4 Å². The smallest absolute Gasteiger partial charge is 0.263 e. The number of fused-ring (bicyclic) bond motifs is 1. The summed E-state index contributed by atoms with van der Waals surface area (Å²) in [5, 5.41) is 2.91. The van der Waals surface area contributed by atoms with Gasteiger partial charge in [0.2, 0.25) is 10.0 Å². The Balaban J connectivity index is 1.78. The third kappa shape index (κ3) is 5.22. The third-order valence-corrected chi connectivity index (χ3v) is 6.00. The number of carbonyl (C=O) groups is 1. The molecule has 2 aromatic rings. The Kier molecular flexibility index (Phi) is 6.94. The van der Waals surface area contributed by atoms with Gasteiger partial charge in [-0.3, -0.25) is 9.10 Å². The van der Waals surface area contributed by atoms with E-state index in [1.807, 2.05) is 39.0 Å². The van der Waals surface area contributed by atoms with Crippen molar-refractivity contribution in [1.29, 1.82) is 0 Å². The summed E-state index contributed by atoms with van der Waals surface area (Å²) in [6.45, 7) is 6.54. The Labute approximate surface area is 183 Å². The van der Waals surface area contributed by atoms with E-state index in [4.69, 9.17) is 14.2 Å². The lowest BCUT2D eigenvalue weighted by Gasteiger charge is -2.34. The van der Waals surface area contributed by atoms with Crippen LogP contribution in [0.4, 0.5) is 5.69 Å². The zero-order valence-corrected chi connectivity index (χ0v) is 18.9. The van der Waals surface area contributed by atoms with Crippen LogP contribution in [-0.4, -0.2) is 46.4 Å². The van der Waals surface area contributed by atoms with E-state index in [9.17, 15) is 13.2 Å². The SMILES string of the molecule is CCOc1ccc(C(C)NC(=O)C2CN(S(C)(=O)=O)c3ccccc3O2)cc1OCC. The predicted octanol–water partition coefficient (Wildman–Crippen LogP) is 2.89. The van der Waals surface area contributed by atoms with Gasteiger partial charge in [-0.15, -0.1) is 0 Å². The zero-order valence-electron chi connectivity index (χ0n) is 18.1. The molecular formula is C22H28N2O6S. The first-order valence-corrected chi connectivity index (χ1v) is 12.0. The summed E-state index contributed by atoms with van der Waals surface area (Å²) in [6.07, 6.45) is 0.142. The average molecular weight is 449 g/mol. The number of para-hydroxylation sites is 2. The number of ether oxygens (including phenoxy) is 3. The summed E-state index contributed by atoms with van der Waals surface area (Å²) >= 11 is 0. The van der Waals surface area contributed by atoms with Crippen LogP contribution < -0.4 is 23.8 Å². The number of benzene rings is 2. The fraction of sp³-hybridized carbons (Fsp3) is 0.409. The number of anilines is 1. The van der Waals surface area contributed by atoms with Crippen molar-refractivity contribution in [1.82, 2.24) is 5.32 Å². The summed E-state index contributed by atoms with van der Waals surface area (Å²) in [4.78, 5) is 12.9. The number of hydrogen-bond acceptors (Lipinski definition) is 6. The molecule has 9 heteroatoms. The minimum atomic E-state index is -3.57. The summed E-state index contributed by atoms with van der Waals surface area (Å²) in [6, 6.07) is 11.9. The monoisotopic (exact) mass is 448 g/mol. The van der Waals surface area contributed by atoms with Gasteiger partial charge in [0.05, 0.1) is 37.7 Å². The summed E-state index contributed by atoms with van der Waals surface area (Å²) in [5.74, 6) is 1.20. The van der Waals surface area contributed by atoms with E-state index in [1.54, 1.807) is 24.3 Å². The van der Waals surface area contributed by atoms with Gasteiger partial charge in [-0.2, -0.15) is 0 Å². The van der Waals surface area contributed by atoms with Gasteiger partial charge < -0.3 is 19.5 Å². The van der Waals surface area contributed by atoms with E-state index in [-0.39, 0.29) is 12.6 Å². The molecule has 1 N–H and O–H groups in total. The van der Waals surface area contributed by atoms with Crippen LogP contribution >= 0.6 is 0 Å². The van der Waals surface area contributed by atoms with Crippen LogP contribution in [0.25, 0.3) is 0 Å². The van der Waals surface area contributed by atoms with Crippen LogP contribution in [0.15, 0.2) is 42.5 Å². The van der Waals surface area contributed by atoms with E-state index in [0.717, 1.165) is 11.8 Å². The van der Waals surface area contributed by atoms with Crippen LogP contribution in [0.3, 0.4) is 0 Å². The van der Waals surface area contributed by atoms with Gasteiger partial charge in [0, 0.05) is 0 Å². The molecule has 0 bridgehead atoms. The standard InChI is InChI=1S/C22H28N2O6S/c1-5-28-19-12-11-16(13-20(19)29-6-2)15(3)23-22(25)21-14-24(31(4,26)27)17-9-7-8-10-18(17)30-21/h7-13,15,21H,5-6,14H2,1-4H3,(H,23,25). The lowest BCUT2D eigenvalue weighted by atomic mass is 10.1. The molecule has 2 atom stereocenters. The minimum absolute atomic E-state index is 0.0954. The zero-order chi connectivity index (χ0) is 22.6. The lowest BCUT2D eigenvalue weighted by molar-refractivity contribution is -0.128. The Morgan fingerprint density at radius 1 is 1.16 bits per heavy atom. The Hall–Kier alpha value is -2.94. The van der Waals surface area contributed by atoms with Crippen LogP contribution in [0.5, 0.6) is 17.2 Å². The van der Waals surface area contributed by atoms with Crippen molar-refractivity contribution >= 4 is 21.6 Å².